The van der Waals surface area contributed by atoms with Crippen LogP contribution in [0.25, 0.3) is 0 Å². The third-order valence-electron chi connectivity index (χ3n) is 3.73. The van der Waals surface area contributed by atoms with Crippen molar-refractivity contribution in [2.75, 3.05) is 18.8 Å². The van der Waals surface area contributed by atoms with Gasteiger partial charge in [0, 0.05) is 12.6 Å². The summed E-state index contributed by atoms with van der Waals surface area (Å²) >= 11 is 0. The average molecular weight is 313 g/mol. The lowest BCUT2D eigenvalue weighted by Crippen LogP contribution is -2.36. The van der Waals surface area contributed by atoms with Gasteiger partial charge in [-0.15, -0.1) is 0 Å². The van der Waals surface area contributed by atoms with Crippen molar-refractivity contribution < 1.29 is 18.3 Å². The van der Waals surface area contributed by atoms with Crippen LogP contribution >= 0.6 is 0 Å². The summed E-state index contributed by atoms with van der Waals surface area (Å²) in [6.07, 6.45) is 0.973. The molecule has 21 heavy (non-hydrogen) atoms. The minimum absolute atomic E-state index is 0.0393. The highest BCUT2D eigenvalue weighted by Crippen LogP contribution is 2.14. The van der Waals surface area contributed by atoms with Crippen LogP contribution in [-0.4, -0.2) is 49.3 Å². The van der Waals surface area contributed by atoms with E-state index in [-0.39, 0.29) is 16.2 Å². The molecule has 0 aromatic heterocycles. The molecular formula is C15H23NO4S. The fraction of sp³-hybridized carbons (Fsp3) is 0.533. The number of carboxylic acids is 1. The molecule has 0 saturated carbocycles. The lowest BCUT2D eigenvalue weighted by molar-refractivity contribution is 0.0696. The topological polar surface area (TPSA) is 74.7 Å². The van der Waals surface area contributed by atoms with Gasteiger partial charge in [0.15, 0.2) is 9.84 Å². The molecule has 0 heterocycles. The lowest BCUT2D eigenvalue weighted by Gasteiger charge is -2.26. The highest BCUT2D eigenvalue weighted by atomic mass is 32.2. The van der Waals surface area contributed by atoms with E-state index in [1.165, 1.54) is 24.3 Å². The van der Waals surface area contributed by atoms with Gasteiger partial charge in [0.25, 0.3) is 0 Å². The molecule has 0 amide bonds. The number of hydrogen-bond acceptors (Lipinski definition) is 4. The van der Waals surface area contributed by atoms with E-state index in [1.807, 2.05) is 6.92 Å². The number of nitrogens with zero attached hydrogens (tertiary/aromatic N) is 1. The van der Waals surface area contributed by atoms with Gasteiger partial charge in [0.2, 0.25) is 0 Å². The predicted octanol–water partition coefficient (Wildman–Crippen LogP) is 2.28. The monoisotopic (exact) mass is 313 g/mol. The van der Waals surface area contributed by atoms with Crippen LogP contribution in [0.5, 0.6) is 0 Å². The zero-order valence-corrected chi connectivity index (χ0v) is 13.6. The Kier molecular flexibility index (Phi) is 6.36. The van der Waals surface area contributed by atoms with Gasteiger partial charge < -0.3 is 5.11 Å². The van der Waals surface area contributed by atoms with E-state index in [0.717, 1.165) is 13.0 Å². The number of hydrogen-bond donors (Lipinski definition) is 1. The molecule has 1 unspecified atom stereocenters. The molecular weight excluding hydrogens is 290 g/mol. The van der Waals surface area contributed by atoms with E-state index >= 15 is 0 Å². The maximum Gasteiger partial charge on any atom is 0.335 e. The van der Waals surface area contributed by atoms with Crippen molar-refractivity contribution in [1.82, 2.24) is 4.90 Å². The normalized spacial score (nSPS) is 13.3. The smallest absolute Gasteiger partial charge is 0.335 e. The first-order valence-electron chi connectivity index (χ1n) is 7.12. The van der Waals surface area contributed by atoms with Gasteiger partial charge in [0.1, 0.15) is 0 Å². The van der Waals surface area contributed by atoms with E-state index in [9.17, 15) is 13.2 Å². The highest BCUT2D eigenvalue weighted by molar-refractivity contribution is 7.91. The molecule has 1 rings (SSSR count). The highest BCUT2D eigenvalue weighted by Gasteiger charge is 2.18. The molecule has 0 fully saturated rings. The van der Waals surface area contributed by atoms with E-state index in [4.69, 9.17) is 5.11 Å². The molecule has 0 bridgehead atoms. The molecule has 0 radical (unpaired) electrons. The second-order valence-electron chi connectivity index (χ2n) is 5.03. The van der Waals surface area contributed by atoms with E-state index in [1.54, 1.807) is 0 Å². The molecule has 1 aromatic carbocycles. The first-order chi connectivity index (χ1) is 9.81. The van der Waals surface area contributed by atoms with Crippen LogP contribution in [0.4, 0.5) is 0 Å². The summed E-state index contributed by atoms with van der Waals surface area (Å²) in [4.78, 5) is 13.1. The number of aromatic carboxylic acids is 1. The Morgan fingerprint density at radius 3 is 2.24 bits per heavy atom. The van der Waals surface area contributed by atoms with Crippen molar-refractivity contribution in [3.8, 4) is 0 Å². The molecule has 0 aliphatic carbocycles. The van der Waals surface area contributed by atoms with Crippen molar-refractivity contribution in [1.29, 1.82) is 0 Å². The van der Waals surface area contributed by atoms with Crippen LogP contribution in [0.2, 0.25) is 0 Å². The molecule has 0 aliphatic rings. The van der Waals surface area contributed by atoms with Crippen LogP contribution in [0, 0.1) is 0 Å². The molecule has 0 aliphatic heterocycles. The van der Waals surface area contributed by atoms with E-state index < -0.39 is 15.8 Å². The summed E-state index contributed by atoms with van der Waals surface area (Å²) in [5.74, 6) is -1.02. The van der Waals surface area contributed by atoms with Gasteiger partial charge in [0.05, 0.1) is 16.2 Å². The SMILES string of the molecule is CCC(C)N(CC)CCS(=O)(=O)c1ccc(C(=O)O)cc1. The summed E-state index contributed by atoms with van der Waals surface area (Å²) in [5.41, 5.74) is 0.0868. The maximum absolute atomic E-state index is 12.3. The Bertz CT molecular complexity index is 566. The summed E-state index contributed by atoms with van der Waals surface area (Å²) in [6.45, 7) is 7.46. The average Bonchev–Trinajstić information content (AvgIpc) is 2.47. The van der Waals surface area contributed by atoms with Crippen LogP contribution in [0.3, 0.4) is 0 Å². The quantitative estimate of drug-likeness (QED) is 0.797. The minimum Gasteiger partial charge on any atom is -0.478 e. The first kappa shape index (κ1) is 17.7. The van der Waals surface area contributed by atoms with Gasteiger partial charge in [-0.05, 0) is 44.2 Å². The van der Waals surface area contributed by atoms with Crippen molar-refractivity contribution >= 4 is 15.8 Å². The number of rotatable bonds is 8. The molecule has 1 atom stereocenters. The van der Waals surface area contributed by atoms with Crippen molar-refractivity contribution in [2.45, 2.75) is 38.1 Å². The molecule has 0 saturated heterocycles. The van der Waals surface area contributed by atoms with Gasteiger partial charge in [-0.2, -0.15) is 0 Å². The van der Waals surface area contributed by atoms with Crippen molar-refractivity contribution in [3.63, 3.8) is 0 Å². The predicted molar refractivity (Wildman–Crippen MR) is 82.5 cm³/mol. The van der Waals surface area contributed by atoms with Crippen LogP contribution in [0.15, 0.2) is 29.2 Å². The first-order valence-corrected chi connectivity index (χ1v) is 8.77. The Hall–Kier alpha value is -1.40. The Labute approximate surface area is 126 Å². The van der Waals surface area contributed by atoms with E-state index in [0.29, 0.717) is 12.6 Å². The molecule has 118 valence electrons. The van der Waals surface area contributed by atoms with Gasteiger partial charge >= 0.3 is 5.97 Å². The maximum atomic E-state index is 12.3. The fourth-order valence-electron chi connectivity index (χ4n) is 2.11. The van der Waals surface area contributed by atoms with Crippen LogP contribution in [-0.2, 0) is 9.84 Å². The Balaban J connectivity index is 2.79. The second-order valence-corrected chi connectivity index (χ2v) is 7.14. The van der Waals surface area contributed by atoms with Gasteiger partial charge in [-0.3, -0.25) is 4.90 Å². The molecule has 0 spiro atoms. The minimum atomic E-state index is -3.38. The Morgan fingerprint density at radius 1 is 1.24 bits per heavy atom. The Morgan fingerprint density at radius 2 is 1.81 bits per heavy atom. The summed E-state index contributed by atoms with van der Waals surface area (Å²) in [6, 6.07) is 5.71. The van der Waals surface area contributed by atoms with Crippen molar-refractivity contribution in [2.24, 2.45) is 0 Å². The fourth-order valence-corrected chi connectivity index (χ4v) is 3.37. The summed E-state index contributed by atoms with van der Waals surface area (Å²) in [7, 11) is -3.38. The number of benzene rings is 1. The number of sulfone groups is 1. The standard InChI is InChI=1S/C15H23NO4S/c1-4-12(3)16(5-2)10-11-21(19,20)14-8-6-13(7-9-14)15(17)18/h6-9,12H,4-5,10-11H2,1-3H3,(H,17,18). The van der Waals surface area contributed by atoms with Gasteiger partial charge in [-0.1, -0.05) is 13.8 Å². The third-order valence-corrected chi connectivity index (χ3v) is 5.44. The molecule has 1 N–H and O–H groups in total. The summed E-state index contributed by atoms with van der Waals surface area (Å²) < 4.78 is 24.5. The summed E-state index contributed by atoms with van der Waals surface area (Å²) in [5, 5.41) is 8.82. The zero-order chi connectivity index (χ0) is 16.0. The van der Waals surface area contributed by atoms with E-state index in [2.05, 4.69) is 18.7 Å². The van der Waals surface area contributed by atoms with Gasteiger partial charge in [-0.25, -0.2) is 13.2 Å². The molecule has 1 aromatic rings. The number of carboxylic acid groups (broad SMARTS) is 1. The number of carbonyl (C=O) groups is 1. The molecule has 5 nitrogen and oxygen atoms in total. The van der Waals surface area contributed by atoms with Crippen molar-refractivity contribution in [3.05, 3.63) is 29.8 Å². The second kappa shape index (κ2) is 7.56. The third kappa shape index (κ3) is 4.82. The van der Waals surface area contributed by atoms with Crippen LogP contribution < -0.4 is 0 Å². The largest absolute Gasteiger partial charge is 0.478 e. The molecule has 6 heteroatoms. The van der Waals surface area contributed by atoms with Crippen LogP contribution in [0.1, 0.15) is 37.6 Å². The zero-order valence-electron chi connectivity index (χ0n) is 12.7. The lowest BCUT2D eigenvalue weighted by atomic mass is 10.2.